The molecular weight excluding hydrogens is 381 g/mol. The molecule has 0 bridgehead atoms. The lowest BCUT2D eigenvalue weighted by Crippen LogP contribution is -2.17. The number of phenols is 1. The third-order valence-electron chi connectivity index (χ3n) is 3.11. The minimum absolute atomic E-state index is 0.0664. The van der Waals surface area contributed by atoms with Gasteiger partial charge in [0.25, 0.3) is 11.8 Å². The molecular formula is C17H13Cl2N3O4. The zero-order chi connectivity index (χ0) is 19.1. The normalized spacial score (nSPS) is 11.0. The Kier molecular flexibility index (Phi) is 6.74. The number of nitrogens with one attached hydrogen (secondary N) is 2. The van der Waals surface area contributed by atoms with E-state index >= 15 is 0 Å². The number of rotatable bonds is 5. The Morgan fingerprint density at radius 3 is 2.65 bits per heavy atom. The number of hydrogen-bond donors (Lipinski definition) is 4. The van der Waals surface area contributed by atoms with Gasteiger partial charge in [0.2, 0.25) is 0 Å². The van der Waals surface area contributed by atoms with Gasteiger partial charge in [-0.3, -0.25) is 14.8 Å². The van der Waals surface area contributed by atoms with Crippen LogP contribution in [0.5, 0.6) is 5.75 Å². The van der Waals surface area contributed by atoms with Crippen molar-refractivity contribution in [3.05, 3.63) is 69.2 Å². The van der Waals surface area contributed by atoms with E-state index in [-0.39, 0.29) is 16.3 Å². The summed E-state index contributed by atoms with van der Waals surface area (Å²) in [5, 5.41) is 22.4. The summed E-state index contributed by atoms with van der Waals surface area (Å²) in [7, 11) is 0. The van der Waals surface area contributed by atoms with Crippen molar-refractivity contribution in [1.29, 1.82) is 0 Å². The van der Waals surface area contributed by atoms with Gasteiger partial charge in [-0.05, 0) is 35.9 Å². The summed E-state index contributed by atoms with van der Waals surface area (Å²) in [4.78, 5) is 23.1. The molecule has 4 N–H and O–H groups in total. The lowest BCUT2D eigenvalue weighted by molar-refractivity contribution is -0.124. The summed E-state index contributed by atoms with van der Waals surface area (Å²) in [6.45, 7) is 0. The molecule has 9 heteroatoms. The van der Waals surface area contributed by atoms with Crippen molar-refractivity contribution in [3.8, 4) is 5.75 Å². The molecule has 2 aromatic carbocycles. The van der Waals surface area contributed by atoms with Crippen molar-refractivity contribution in [2.24, 2.45) is 5.10 Å². The van der Waals surface area contributed by atoms with E-state index in [9.17, 15) is 14.7 Å². The molecule has 0 atom stereocenters. The van der Waals surface area contributed by atoms with Crippen LogP contribution in [-0.4, -0.2) is 28.3 Å². The minimum Gasteiger partial charge on any atom is -0.506 e. The molecule has 0 aromatic heterocycles. The number of benzene rings is 2. The second kappa shape index (κ2) is 9.00. The Labute approximate surface area is 158 Å². The van der Waals surface area contributed by atoms with E-state index in [2.05, 4.69) is 10.5 Å². The molecule has 0 aliphatic carbocycles. The number of hydrogen-bond acceptors (Lipinski definition) is 5. The molecule has 0 radical (unpaired) electrons. The molecule has 0 fully saturated rings. The smallest absolute Gasteiger partial charge is 0.271 e. The number of nitrogens with zero attached hydrogens (tertiary/aromatic N) is 1. The Morgan fingerprint density at radius 2 is 1.92 bits per heavy atom. The van der Waals surface area contributed by atoms with E-state index in [1.54, 1.807) is 18.2 Å². The maximum Gasteiger partial charge on any atom is 0.271 e. The van der Waals surface area contributed by atoms with Crippen molar-refractivity contribution in [3.63, 3.8) is 0 Å². The van der Waals surface area contributed by atoms with Gasteiger partial charge in [0, 0.05) is 22.2 Å². The van der Waals surface area contributed by atoms with Crippen LogP contribution in [0, 0.1) is 0 Å². The van der Waals surface area contributed by atoms with Crippen molar-refractivity contribution >= 4 is 47.3 Å². The number of aromatic hydroxyl groups is 1. The van der Waals surface area contributed by atoms with Gasteiger partial charge in [-0.1, -0.05) is 35.3 Å². The molecule has 2 aromatic rings. The summed E-state index contributed by atoms with van der Waals surface area (Å²) >= 11 is 11.6. The van der Waals surface area contributed by atoms with Crippen LogP contribution in [0.1, 0.15) is 21.5 Å². The van der Waals surface area contributed by atoms with Crippen LogP contribution < -0.4 is 10.9 Å². The first kappa shape index (κ1) is 19.5. The number of hydroxylamine groups is 1. The summed E-state index contributed by atoms with van der Waals surface area (Å²) in [5.41, 5.74) is 4.88. The van der Waals surface area contributed by atoms with Crippen LogP contribution in [0.15, 0.2) is 47.6 Å². The van der Waals surface area contributed by atoms with E-state index in [0.29, 0.717) is 16.1 Å². The average Bonchev–Trinajstić information content (AvgIpc) is 2.63. The molecule has 0 spiro atoms. The first-order chi connectivity index (χ1) is 12.4. The quantitative estimate of drug-likeness (QED) is 0.270. The fourth-order valence-electron chi connectivity index (χ4n) is 1.90. The highest BCUT2D eigenvalue weighted by Gasteiger charge is 2.07. The number of amides is 2. The highest BCUT2D eigenvalue weighted by Crippen LogP contribution is 2.29. The lowest BCUT2D eigenvalue weighted by Gasteiger charge is -2.03. The van der Waals surface area contributed by atoms with Gasteiger partial charge < -0.3 is 5.11 Å². The van der Waals surface area contributed by atoms with E-state index in [1.807, 2.05) is 0 Å². The average molecular weight is 394 g/mol. The number of hydrazone groups is 1. The van der Waals surface area contributed by atoms with Crippen molar-refractivity contribution in [1.82, 2.24) is 10.9 Å². The van der Waals surface area contributed by atoms with Gasteiger partial charge in [-0.2, -0.15) is 5.10 Å². The van der Waals surface area contributed by atoms with E-state index in [4.69, 9.17) is 28.4 Å². The summed E-state index contributed by atoms with van der Waals surface area (Å²) < 4.78 is 0. The molecule has 2 amide bonds. The zero-order valence-corrected chi connectivity index (χ0v) is 14.6. The van der Waals surface area contributed by atoms with Crippen LogP contribution in [0.25, 0.3) is 6.08 Å². The number of halogens is 2. The molecule has 0 saturated carbocycles. The molecule has 0 aliphatic heterocycles. The van der Waals surface area contributed by atoms with Gasteiger partial charge in [-0.25, -0.2) is 10.9 Å². The van der Waals surface area contributed by atoms with E-state index in [1.165, 1.54) is 36.0 Å². The van der Waals surface area contributed by atoms with Crippen LogP contribution in [0.4, 0.5) is 0 Å². The fraction of sp³-hybridized carbons (Fsp3) is 0. The third-order valence-corrected chi connectivity index (χ3v) is 3.62. The largest absolute Gasteiger partial charge is 0.506 e. The zero-order valence-electron chi connectivity index (χ0n) is 13.1. The van der Waals surface area contributed by atoms with E-state index < -0.39 is 11.8 Å². The molecule has 0 saturated heterocycles. The summed E-state index contributed by atoms with van der Waals surface area (Å²) in [6.07, 6.45) is 3.75. The standard InChI is InChI=1S/C17H13Cl2N3O4/c18-13-7-12(16(24)14(19)8-13)9-20-21-17(25)11-3-1-2-10(6-11)4-5-15(23)22-26/h1-9,24,26H,(H,21,25)(H,22,23)/b5-4+,20-9+. The van der Waals surface area contributed by atoms with Crippen LogP contribution in [0.3, 0.4) is 0 Å². The number of carbonyl (C=O) groups is 2. The van der Waals surface area contributed by atoms with Gasteiger partial charge in [0.05, 0.1) is 11.2 Å². The predicted octanol–water partition coefficient (Wildman–Crippen LogP) is 2.98. The van der Waals surface area contributed by atoms with Crippen LogP contribution in [-0.2, 0) is 4.79 Å². The highest BCUT2D eigenvalue weighted by molar-refractivity contribution is 6.36. The fourth-order valence-corrected chi connectivity index (χ4v) is 2.41. The molecule has 0 aliphatic rings. The van der Waals surface area contributed by atoms with Crippen LogP contribution >= 0.6 is 23.2 Å². The monoisotopic (exact) mass is 393 g/mol. The van der Waals surface area contributed by atoms with Crippen LogP contribution in [0.2, 0.25) is 10.0 Å². The second-order valence-corrected chi connectivity index (χ2v) is 5.80. The summed E-state index contributed by atoms with van der Waals surface area (Å²) in [6, 6.07) is 9.20. The second-order valence-electron chi connectivity index (χ2n) is 4.96. The van der Waals surface area contributed by atoms with Crippen molar-refractivity contribution in [2.45, 2.75) is 0 Å². The number of phenolic OH excluding ortho intramolecular Hbond substituents is 1. The lowest BCUT2D eigenvalue weighted by atomic mass is 10.1. The van der Waals surface area contributed by atoms with Crippen molar-refractivity contribution in [2.75, 3.05) is 0 Å². The molecule has 134 valence electrons. The molecule has 26 heavy (non-hydrogen) atoms. The van der Waals surface area contributed by atoms with Gasteiger partial charge in [0.1, 0.15) is 5.75 Å². The van der Waals surface area contributed by atoms with Gasteiger partial charge >= 0.3 is 0 Å². The molecule has 0 unspecified atom stereocenters. The van der Waals surface area contributed by atoms with Gasteiger partial charge in [-0.15, -0.1) is 0 Å². The topological polar surface area (TPSA) is 111 Å². The first-order valence-electron chi connectivity index (χ1n) is 7.14. The predicted molar refractivity (Wildman–Crippen MR) is 98.6 cm³/mol. The first-order valence-corrected chi connectivity index (χ1v) is 7.90. The number of carbonyl (C=O) groups excluding carboxylic acids is 2. The summed E-state index contributed by atoms with van der Waals surface area (Å²) in [5.74, 6) is -1.40. The van der Waals surface area contributed by atoms with Crippen molar-refractivity contribution < 1.29 is 19.9 Å². The third kappa shape index (κ3) is 5.32. The Bertz CT molecular complexity index is 898. The maximum absolute atomic E-state index is 12.1. The molecule has 2 rings (SSSR count). The van der Waals surface area contributed by atoms with E-state index in [0.717, 1.165) is 6.08 Å². The molecule has 7 nitrogen and oxygen atoms in total. The SMILES string of the molecule is O=C(/C=C/c1cccc(C(=O)N/N=C/c2cc(Cl)cc(Cl)c2O)c1)NO. The Morgan fingerprint density at radius 1 is 1.15 bits per heavy atom. The highest BCUT2D eigenvalue weighted by atomic mass is 35.5. The minimum atomic E-state index is -0.690. The Balaban J connectivity index is 2.09. The maximum atomic E-state index is 12.1. The molecule has 0 heterocycles. The van der Waals surface area contributed by atoms with Gasteiger partial charge in [0.15, 0.2) is 0 Å². The Hall–Kier alpha value is -2.87.